The Balaban J connectivity index is 1.70. The van der Waals surface area contributed by atoms with Crippen LogP contribution in [-0.4, -0.2) is 45.7 Å². The minimum atomic E-state index is -0.392. The lowest BCUT2D eigenvalue weighted by Crippen LogP contribution is -2.39. The second kappa shape index (κ2) is 13.5. The second-order valence-electron chi connectivity index (χ2n) is 10.6. The number of methoxy groups -OCH3 is 3. The van der Waals surface area contributed by atoms with Crippen molar-refractivity contribution in [2.75, 3.05) is 33.2 Å². The predicted molar refractivity (Wildman–Crippen MR) is 155 cm³/mol. The van der Waals surface area contributed by atoms with Crippen LogP contribution in [0.5, 0.6) is 17.2 Å². The Morgan fingerprint density at radius 3 is 2.23 bits per heavy atom. The number of nitrogens with one attached hydrogen (secondary N) is 3. The van der Waals surface area contributed by atoms with Crippen LogP contribution < -0.4 is 35.6 Å². The van der Waals surface area contributed by atoms with E-state index in [0.717, 1.165) is 42.4 Å². The SMILES string of the molecule is COc1cc2c(c(OC)c1OC)-c1ccc(NCC(=O)NC3CCCCCCC3)c(=O)cc1[C@@H](NC(C)=O)CC2. The fraction of sp³-hybridized carbons (Fsp3) is 0.516. The number of carbonyl (C=O) groups is 2. The molecule has 9 nitrogen and oxygen atoms in total. The molecule has 0 unspecified atom stereocenters. The Labute approximate surface area is 236 Å². The van der Waals surface area contributed by atoms with Gasteiger partial charge in [-0.25, -0.2) is 0 Å². The Morgan fingerprint density at radius 2 is 1.57 bits per heavy atom. The van der Waals surface area contributed by atoms with Crippen molar-refractivity contribution in [3.63, 3.8) is 0 Å². The number of aryl methyl sites for hydroxylation is 1. The third-order valence-electron chi connectivity index (χ3n) is 7.83. The van der Waals surface area contributed by atoms with Crippen LogP contribution in [0.4, 0.5) is 5.69 Å². The lowest BCUT2D eigenvalue weighted by molar-refractivity contribution is -0.120. The number of hydrogen-bond donors (Lipinski definition) is 3. The topological polar surface area (TPSA) is 115 Å². The van der Waals surface area contributed by atoms with Crippen LogP contribution in [0.3, 0.4) is 0 Å². The first-order valence-corrected chi connectivity index (χ1v) is 14.2. The van der Waals surface area contributed by atoms with Gasteiger partial charge in [-0.2, -0.15) is 0 Å². The number of anilines is 1. The van der Waals surface area contributed by atoms with Crippen LogP contribution in [0.1, 0.15) is 75.5 Å². The Kier molecular flexibility index (Phi) is 9.90. The Morgan fingerprint density at radius 1 is 0.875 bits per heavy atom. The summed E-state index contributed by atoms with van der Waals surface area (Å²) in [5.74, 6) is 1.17. The molecule has 0 aliphatic heterocycles. The molecule has 40 heavy (non-hydrogen) atoms. The van der Waals surface area contributed by atoms with E-state index in [0.29, 0.717) is 41.3 Å². The summed E-state index contributed by atoms with van der Waals surface area (Å²) in [5.41, 5.74) is 3.20. The van der Waals surface area contributed by atoms with Gasteiger partial charge in [0, 0.05) is 18.5 Å². The molecule has 3 N–H and O–H groups in total. The molecule has 0 aromatic heterocycles. The van der Waals surface area contributed by atoms with Gasteiger partial charge in [0.1, 0.15) is 0 Å². The number of hydrogen-bond acceptors (Lipinski definition) is 7. The van der Waals surface area contributed by atoms with E-state index in [4.69, 9.17) is 14.2 Å². The van der Waals surface area contributed by atoms with Crippen LogP contribution in [0.15, 0.2) is 29.1 Å². The molecule has 1 fully saturated rings. The molecule has 0 radical (unpaired) electrons. The molecule has 0 spiro atoms. The molecule has 216 valence electrons. The molecule has 2 aliphatic rings. The molecule has 9 heteroatoms. The third-order valence-corrected chi connectivity index (χ3v) is 7.83. The number of fused-ring (bicyclic) bond motifs is 3. The van der Waals surface area contributed by atoms with Crippen LogP contribution >= 0.6 is 0 Å². The van der Waals surface area contributed by atoms with Gasteiger partial charge in [0.2, 0.25) is 23.0 Å². The minimum absolute atomic E-state index is 0.000471. The lowest BCUT2D eigenvalue weighted by atomic mass is 9.95. The van der Waals surface area contributed by atoms with Crippen molar-refractivity contribution in [2.45, 2.75) is 76.8 Å². The average molecular weight is 552 g/mol. The van der Waals surface area contributed by atoms with E-state index < -0.39 is 6.04 Å². The second-order valence-corrected chi connectivity index (χ2v) is 10.6. The van der Waals surface area contributed by atoms with Crippen LogP contribution in [0, 0.1) is 0 Å². The summed E-state index contributed by atoms with van der Waals surface area (Å²) in [6.45, 7) is 1.47. The molecule has 2 amide bonds. The minimum Gasteiger partial charge on any atom is -0.493 e. The van der Waals surface area contributed by atoms with Gasteiger partial charge in [-0.15, -0.1) is 0 Å². The van der Waals surface area contributed by atoms with Crippen molar-refractivity contribution >= 4 is 17.5 Å². The largest absolute Gasteiger partial charge is 0.493 e. The Bertz CT molecular complexity index is 1290. The summed E-state index contributed by atoms with van der Waals surface area (Å²) in [6.07, 6.45) is 9.12. The maximum absolute atomic E-state index is 13.4. The maximum Gasteiger partial charge on any atom is 0.239 e. The van der Waals surface area contributed by atoms with Gasteiger partial charge >= 0.3 is 0 Å². The average Bonchev–Trinajstić information content (AvgIpc) is 3.16. The van der Waals surface area contributed by atoms with Gasteiger partial charge in [-0.1, -0.05) is 38.2 Å². The quantitative estimate of drug-likeness (QED) is 0.442. The van der Waals surface area contributed by atoms with E-state index in [-0.39, 0.29) is 29.8 Å². The molecule has 0 bridgehead atoms. The number of benzene rings is 1. The summed E-state index contributed by atoms with van der Waals surface area (Å²) < 4.78 is 17.0. The van der Waals surface area contributed by atoms with Crippen molar-refractivity contribution in [2.24, 2.45) is 0 Å². The first-order chi connectivity index (χ1) is 19.4. The van der Waals surface area contributed by atoms with E-state index >= 15 is 0 Å². The van der Waals surface area contributed by atoms with E-state index in [2.05, 4.69) is 16.0 Å². The third kappa shape index (κ3) is 6.69. The molecular formula is C31H41N3O6. The van der Waals surface area contributed by atoms with Gasteiger partial charge < -0.3 is 30.2 Å². The van der Waals surface area contributed by atoms with Crippen molar-refractivity contribution < 1.29 is 23.8 Å². The zero-order valence-corrected chi connectivity index (χ0v) is 24.0. The van der Waals surface area contributed by atoms with Gasteiger partial charge in [0.05, 0.1) is 39.6 Å². The zero-order valence-electron chi connectivity index (χ0n) is 24.0. The molecule has 2 aliphatic carbocycles. The molecule has 1 atom stereocenters. The van der Waals surface area contributed by atoms with Crippen LogP contribution in [0.25, 0.3) is 11.1 Å². The fourth-order valence-corrected chi connectivity index (χ4v) is 5.91. The highest BCUT2D eigenvalue weighted by Crippen LogP contribution is 2.50. The van der Waals surface area contributed by atoms with Crippen molar-refractivity contribution in [1.82, 2.24) is 10.6 Å². The first-order valence-electron chi connectivity index (χ1n) is 14.2. The fourth-order valence-electron chi connectivity index (χ4n) is 5.91. The summed E-state index contributed by atoms with van der Waals surface area (Å²) in [7, 11) is 4.69. The molecule has 1 saturated carbocycles. The highest BCUT2D eigenvalue weighted by Gasteiger charge is 2.29. The highest BCUT2D eigenvalue weighted by molar-refractivity contribution is 5.84. The number of ether oxygens (including phenoxy) is 3. The van der Waals surface area contributed by atoms with Crippen molar-refractivity contribution in [3.8, 4) is 28.4 Å². The van der Waals surface area contributed by atoms with Crippen molar-refractivity contribution in [1.29, 1.82) is 0 Å². The van der Waals surface area contributed by atoms with Crippen molar-refractivity contribution in [3.05, 3.63) is 45.6 Å². The highest BCUT2D eigenvalue weighted by atomic mass is 16.5. The van der Waals surface area contributed by atoms with E-state index in [1.807, 2.05) is 12.1 Å². The number of amides is 2. The first kappa shape index (κ1) is 29.2. The van der Waals surface area contributed by atoms with Crippen LogP contribution in [0.2, 0.25) is 0 Å². The molecule has 2 aromatic rings. The Hall–Kier alpha value is -3.75. The summed E-state index contributed by atoms with van der Waals surface area (Å²) in [6, 6.07) is 6.80. The molecule has 4 rings (SSSR count). The number of rotatable bonds is 8. The van der Waals surface area contributed by atoms with Gasteiger partial charge in [0.15, 0.2) is 11.5 Å². The van der Waals surface area contributed by atoms with Gasteiger partial charge in [-0.05, 0) is 60.6 Å². The normalized spacial score (nSPS) is 17.1. The summed E-state index contributed by atoms with van der Waals surface area (Å²) >= 11 is 0. The predicted octanol–water partition coefficient (Wildman–Crippen LogP) is 4.50. The smallest absolute Gasteiger partial charge is 0.239 e. The monoisotopic (exact) mass is 551 g/mol. The van der Waals surface area contributed by atoms with E-state index in [9.17, 15) is 14.4 Å². The molecular weight excluding hydrogens is 510 g/mol. The van der Waals surface area contributed by atoms with E-state index in [1.165, 1.54) is 26.2 Å². The van der Waals surface area contributed by atoms with Gasteiger partial charge in [-0.3, -0.25) is 14.4 Å². The number of carbonyl (C=O) groups excluding carboxylic acids is 2. The summed E-state index contributed by atoms with van der Waals surface area (Å²) in [4.78, 5) is 38.3. The summed E-state index contributed by atoms with van der Waals surface area (Å²) in [5, 5.41) is 9.19. The maximum atomic E-state index is 13.4. The van der Waals surface area contributed by atoms with Gasteiger partial charge in [0.25, 0.3) is 0 Å². The standard InChI is InChI=1S/C31H41N3O6/c1-19(35)33-24-14-12-20-16-27(38-2)30(39-3)31(40-4)29(20)22-13-15-25(26(36)17-23(22)24)32-18-28(37)34-21-10-8-6-5-7-9-11-21/h13,15-17,21,24H,5-12,14,18H2,1-4H3,(H,32,36)(H,33,35)(H,34,37)/t24-/m0/s1. The lowest BCUT2D eigenvalue weighted by Gasteiger charge is -2.21. The molecule has 0 heterocycles. The zero-order chi connectivity index (χ0) is 28.6. The van der Waals surface area contributed by atoms with E-state index in [1.54, 1.807) is 33.5 Å². The van der Waals surface area contributed by atoms with Crippen LogP contribution in [-0.2, 0) is 16.0 Å². The molecule has 0 saturated heterocycles. The molecule has 2 aromatic carbocycles.